The smallest absolute Gasteiger partial charge is 0.223 e. The van der Waals surface area contributed by atoms with E-state index in [-0.39, 0.29) is 18.0 Å². The second-order valence-electron chi connectivity index (χ2n) is 6.57. The average Bonchev–Trinajstić information content (AvgIpc) is 2.50. The van der Waals surface area contributed by atoms with E-state index in [9.17, 15) is 4.79 Å². The van der Waals surface area contributed by atoms with Gasteiger partial charge in [0.2, 0.25) is 12.1 Å². The minimum atomic E-state index is -0.828. The standard InChI is InChI=1S/C20H32O3/c1-6-7-8-9-10-17-11-13-18(14-12-17)19(21)20(22-15(2)3)23-16(4)5/h11-16,20H,6-10H2,1-5H3. The number of ketones is 1. The van der Waals surface area contributed by atoms with Crippen molar-refractivity contribution in [3.63, 3.8) is 0 Å². The predicted octanol–water partition coefficient (Wildman–Crippen LogP) is 5.17. The van der Waals surface area contributed by atoms with Crippen LogP contribution in [-0.4, -0.2) is 24.3 Å². The number of hydrogen-bond donors (Lipinski definition) is 0. The average molecular weight is 320 g/mol. The highest BCUT2D eigenvalue weighted by Crippen LogP contribution is 2.14. The summed E-state index contributed by atoms with van der Waals surface area (Å²) >= 11 is 0. The highest BCUT2D eigenvalue weighted by atomic mass is 16.7. The Morgan fingerprint density at radius 3 is 1.96 bits per heavy atom. The van der Waals surface area contributed by atoms with Crippen LogP contribution in [-0.2, 0) is 15.9 Å². The Bertz CT molecular complexity index is 438. The van der Waals surface area contributed by atoms with E-state index in [0.717, 1.165) is 6.42 Å². The molecule has 0 saturated heterocycles. The van der Waals surface area contributed by atoms with Crippen molar-refractivity contribution >= 4 is 5.78 Å². The second kappa shape index (κ2) is 10.6. The highest BCUT2D eigenvalue weighted by Gasteiger charge is 2.23. The number of carbonyl (C=O) groups is 1. The van der Waals surface area contributed by atoms with Crippen LogP contribution in [0.15, 0.2) is 24.3 Å². The number of hydrogen-bond acceptors (Lipinski definition) is 3. The van der Waals surface area contributed by atoms with Crippen molar-refractivity contribution in [2.75, 3.05) is 0 Å². The molecule has 0 atom stereocenters. The van der Waals surface area contributed by atoms with Gasteiger partial charge in [-0.2, -0.15) is 0 Å². The van der Waals surface area contributed by atoms with E-state index >= 15 is 0 Å². The fraction of sp³-hybridized carbons (Fsp3) is 0.650. The van der Waals surface area contributed by atoms with Crippen molar-refractivity contribution < 1.29 is 14.3 Å². The Hall–Kier alpha value is -1.19. The summed E-state index contributed by atoms with van der Waals surface area (Å²) in [7, 11) is 0. The molecule has 1 rings (SSSR count). The minimum absolute atomic E-state index is 0.0551. The van der Waals surface area contributed by atoms with Gasteiger partial charge in [-0.3, -0.25) is 4.79 Å². The van der Waals surface area contributed by atoms with Gasteiger partial charge < -0.3 is 9.47 Å². The molecule has 0 saturated carbocycles. The zero-order valence-corrected chi connectivity index (χ0v) is 15.3. The van der Waals surface area contributed by atoms with Crippen molar-refractivity contribution in [1.29, 1.82) is 0 Å². The maximum Gasteiger partial charge on any atom is 0.223 e. The van der Waals surface area contributed by atoms with Crippen molar-refractivity contribution in [2.24, 2.45) is 0 Å². The molecule has 0 unspecified atom stereocenters. The molecule has 0 N–H and O–H groups in total. The molecule has 1 aromatic rings. The van der Waals surface area contributed by atoms with E-state index < -0.39 is 6.29 Å². The minimum Gasteiger partial charge on any atom is -0.343 e. The first-order chi connectivity index (χ1) is 10.9. The van der Waals surface area contributed by atoms with Crippen molar-refractivity contribution in [1.82, 2.24) is 0 Å². The lowest BCUT2D eigenvalue weighted by Gasteiger charge is -2.22. The summed E-state index contributed by atoms with van der Waals surface area (Å²) in [6.45, 7) is 9.84. The van der Waals surface area contributed by atoms with Crippen LogP contribution < -0.4 is 0 Å². The Kier molecular flexibility index (Phi) is 9.12. The summed E-state index contributed by atoms with van der Waals surface area (Å²) in [6, 6.07) is 7.86. The number of aryl methyl sites for hydroxylation is 1. The van der Waals surface area contributed by atoms with Crippen LogP contribution in [0.5, 0.6) is 0 Å². The zero-order valence-electron chi connectivity index (χ0n) is 15.3. The van der Waals surface area contributed by atoms with Crippen molar-refractivity contribution in [2.45, 2.75) is 85.2 Å². The number of carbonyl (C=O) groups excluding carboxylic acids is 1. The summed E-state index contributed by atoms with van der Waals surface area (Å²) in [4.78, 5) is 12.6. The summed E-state index contributed by atoms with van der Waals surface area (Å²) < 4.78 is 11.3. The van der Waals surface area contributed by atoms with E-state index in [4.69, 9.17) is 9.47 Å². The first kappa shape index (κ1) is 19.9. The van der Waals surface area contributed by atoms with Gasteiger partial charge >= 0.3 is 0 Å². The highest BCUT2D eigenvalue weighted by molar-refractivity contribution is 5.98. The van der Waals surface area contributed by atoms with Gasteiger partial charge in [0.25, 0.3) is 0 Å². The lowest BCUT2D eigenvalue weighted by atomic mass is 10.0. The maximum absolute atomic E-state index is 12.6. The molecule has 0 fully saturated rings. The van der Waals surface area contributed by atoms with Gasteiger partial charge in [0.1, 0.15) is 0 Å². The molecule has 1 aromatic carbocycles. The van der Waals surface area contributed by atoms with E-state index in [1.807, 2.05) is 52.0 Å². The number of Topliss-reactive ketones (excluding diaryl/α,β-unsaturated/α-hetero) is 1. The maximum atomic E-state index is 12.6. The molecular formula is C20H32O3. The van der Waals surface area contributed by atoms with Gasteiger partial charge in [0.15, 0.2) is 0 Å². The molecule has 0 bridgehead atoms. The Balaban J connectivity index is 2.66. The predicted molar refractivity (Wildman–Crippen MR) is 94.8 cm³/mol. The number of unbranched alkanes of at least 4 members (excludes halogenated alkanes) is 3. The quantitative estimate of drug-likeness (QED) is 0.320. The lowest BCUT2D eigenvalue weighted by Crippen LogP contribution is -2.32. The van der Waals surface area contributed by atoms with Gasteiger partial charge in [0, 0.05) is 5.56 Å². The van der Waals surface area contributed by atoms with Gasteiger partial charge in [-0.15, -0.1) is 0 Å². The third-order valence-electron chi connectivity index (χ3n) is 3.56. The monoisotopic (exact) mass is 320 g/mol. The van der Waals surface area contributed by atoms with E-state index in [0.29, 0.717) is 5.56 Å². The molecule has 130 valence electrons. The summed E-state index contributed by atoms with van der Waals surface area (Å²) in [6.07, 6.45) is 5.15. The molecule has 0 heterocycles. The second-order valence-corrected chi connectivity index (χ2v) is 6.57. The zero-order chi connectivity index (χ0) is 17.2. The first-order valence-corrected chi connectivity index (χ1v) is 8.88. The molecule has 0 aliphatic carbocycles. The van der Waals surface area contributed by atoms with Crippen LogP contribution in [0, 0.1) is 0 Å². The summed E-state index contributed by atoms with van der Waals surface area (Å²) in [5, 5.41) is 0. The lowest BCUT2D eigenvalue weighted by molar-refractivity contribution is -0.152. The van der Waals surface area contributed by atoms with Gasteiger partial charge in [-0.25, -0.2) is 0 Å². The molecule has 0 aliphatic heterocycles. The molecule has 0 radical (unpaired) electrons. The third-order valence-corrected chi connectivity index (χ3v) is 3.56. The van der Waals surface area contributed by atoms with Crippen LogP contribution in [0.4, 0.5) is 0 Å². The topological polar surface area (TPSA) is 35.5 Å². The summed E-state index contributed by atoms with van der Waals surface area (Å²) in [5.41, 5.74) is 1.93. The first-order valence-electron chi connectivity index (χ1n) is 8.88. The SMILES string of the molecule is CCCCCCc1ccc(C(=O)C(OC(C)C)OC(C)C)cc1. The third kappa shape index (κ3) is 7.76. The normalized spacial score (nSPS) is 11.7. The molecule has 3 nitrogen and oxygen atoms in total. The molecule has 0 amide bonds. The molecule has 0 aliphatic rings. The summed E-state index contributed by atoms with van der Waals surface area (Å²) in [5.74, 6) is -0.107. The van der Waals surface area contributed by atoms with Crippen LogP contribution in [0.25, 0.3) is 0 Å². The van der Waals surface area contributed by atoms with E-state index in [2.05, 4.69) is 6.92 Å². The van der Waals surface area contributed by atoms with Crippen LogP contribution in [0.3, 0.4) is 0 Å². The molecule has 3 heteroatoms. The molecular weight excluding hydrogens is 288 g/mol. The molecule has 23 heavy (non-hydrogen) atoms. The Morgan fingerprint density at radius 1 is 0.913 bits per heavy atom. The van der Waals surface area contributed by atoms with E-state index in [1.165, 1.54) is 31.2 Å². The number of benzene rings is 1. The number of ether oxygens (including phenoxy) is 2. The van der Waals surface area contributed by atoms with E-state index in [1.54, 1.807) is 0 Å². The molecule has 0 aromatic heterocycles. The Labute approximate surface area is 141 Å². The van der Waals surface area contributed by atoms with Crippen molar-refractivity contribution in [3.05, 3.63) is 35.4 Å². The van der Waals surface area contributed by atoms with Gasteiger partial charge in [-0.1, -0.05) is 50.5 Å². The van der Waals surface area contributed by atoms with Gasteiger partial charge in [-0.05, 0) is 46.1 Å². The van der Waals surface area contributed by atoms with Crippen LogP contribution >= 0.6 is 0 Å². The largest absolute Gasteiger partial charge is 0.343 e. The van der Waals surface area contributed by atoms with Crippen LogP contribution in [0.1, 0.15) is 76.2 Å². The Morgan fingerprint density at radius 2 is 1.48 bits per heavy atom. The van der Waals surface area contributed by atoms with Gasteiger partial charge in [0.05, 0.1) is 12.2 Å². The van der Waals surface area contributed by atoms with Crippen molar-refractivity contribution in [3.8, 4) is 0 Å². The fourth-order valence-electron chi connectivity index (χ4n) is 2.38. The molecule has 0 spiro atoms. The van der Waals surface area contributed by atoms with Crippen LogP contribution in [0.2, 0.25) is 0 Å². The fourth-order valence-corrected chi connectivity index (χ4v) is 2.38. The number of rotatable bonds is 11.